The highest BCUT2D eigenvalue weighted by atomic mass is 79.9. The van der Waals surface area contributed by atoms with Gasteiger partial charge in [0.2, 0.25) is 0 Å². The van der Waals surface area contributed by atoms with Crippen LogP contribution in [0.3, 0.4) is 0 Å². The van der Waals surface area contributed by atoms with Crippen molar-refractivity contribution in [2.45, 2.75) is 18.9 Å². The van der Waals surface area contributed by atoms with Gasteiger partial charge >= 0.3 is 5.97 Å². The van der Waals surface area contributed by atoms with E-state index in [0.29, 0.717) is 6.42 Å². The molecule has 1 atom stereocenters. The normalized spacial score (nSPS) is 14.8. The summed E-state index contributed by atoms with van der Waals surface area (Å²) in [5.74, 6) is -0.988. The summed E-state index contributed by atoms with van der Waals surface area (Å²) in [4.78, 5) is 10.8. The predicted molar refractivity (Wildman–Crippen MR) is 58.1 cm³/mol. The minimum Gasteiger partial charge on any atom is -0.480 e. The molecule has 3 nitrogen and oxygen atoms in total. The Hall–Kier alpha value is -0.870. The van der Waals surface area contributed by atoms with Gasteiger partial charge in [-0.3, -0.25) is 4.79 Å². The fourth-order valence-corrected chi connectivity index (χ4v) is 1.59. The van der Waals surface area contributed by atoms with Crippen molar-refractivity contribution >= 4 is 21.9 Å². The van der Waals surface area contributed by atoms with E-state index >= 15 is 0 Å². The number of halogens is 1. The third kappa shape index (κ3) is 2.82. The summed E-state index contributed by atoms with van der Waals surface area (Å²) >= 11 is 3.32. The van der Waals surface area contributed by atoms with E-state index in [2.05, 4.69) is 15.9 Å². The van der Waals surface area contributed by atoms with Gasteiger partial charge in [-0.15, -0.1) is 0 Å². The number of hydrogen-bond acceptors (Lipinski definition) is 2. The van der Waals surface area contributed by atoms with Crippen molar-refractivity contribution in [2.75, 3.05) is 0 Å². The minimum absolute atomic E-state index is 0.321. The van der Waals surface area contributed by atoms with Crippen molar-refractivity contribution in [2.24, 2.45) is 5.73 Å². The molecule has 0 radical (unpaired) electrons. The Morgan fingerprint density at radius 1 is 1.64 bits per heavy atom. The third-order valence-corrected chi connectivity index (χ3v) is 2.44. The van der Waals surface area contributed by atoms with Crippen molar-refractivity contribution in [1.82, 2.24) is 0 Å². The van der Waals surface area contributed by atoms with Gasteiger partial charge in [0.25, 0.3) is 0 Å². The molecule has 14 heavy (non-hydrogen) atoms. The lowest BCUT2D eigenvalue weighted by Crippen LogP contribution is -2.46. The van der Waals surface area contributed by atoms with E-state index in [-0.39, 0.29) is 0 Å². The van der Waals surface area contributed by atoms with E-state index in [1.54, 1.807) is 0 Å². The van der Waals surface area contributed by atoms with Crippen molar-refractivity contribution in [1.29, 1.82) is 0 Å². The Labute approximate surface area is 91.1 Å². The predicted octanol–water partition coefficient (Wildman–Crippen LogP) is 1.79. The zero-order chi connectivity index (χ0) is 10.8. The van der Waals surface area contributed by atoms with Crippen LogP contribution in [0, 0.1) is 0 Å². The Kier molecular flexibility index (Phi) is 3.29. The number of carboxylic acid groups (broad SMARTS) is 1. The molecule has 1 aromatic carbocycles. The number of hydrogen-bond donors (Lipinski definition) is 2. The van der Waals surface area contributed by atoms with Crippen LogP contribution in [0.15, 0.2) is 28.7 Å². The van der Waals surface area contributed by atoms with Crippen molar-refractivity contribution in [3.8, 4) is 0 Å². The molecule has 1 rings (SSSR count). The van der Waals surface area contributed by atoms with E-state index in [1.807, 2.05) is 24.3 Å². The lowest BCUT2D eigenvalue weighted by molar-refractivity contribution is -0.142. The molecule has 76 valence electrons. The van der Waals surface area contributed by atoms with Crippen molar-refractivity contribution < 1.29 is 9.90 Å². The molecular weight excluding hydrogens is 246 g/mol. The molecule has 0 aliphatic rings. The average molecular weight is 258 g/mol. The number of rotatable bonds is 3. The number of aliphatic carboxylic acids is 1. The first-order valence-corrected chi connectivity index (χ1v) is 4.98. The molecule has 0 heterocycles. The lowest BCUT2D eigenvalue weighted by Gasteiger charge is -2.18. The SMILES string of the molecule is C[C@@](N)(Cc1cccc(Br)c1)C(=O)O. The van der Waals surface area contributed by atoms with Gasteiger partial charge in [-0.25, -0.2) is 0 Å². The highest BCUT2D eigenvalue weighted by Crippen LogP contribution is 2.16. The van der Waals surface area contributed by atoms with E-state index in [1.165, 1.54) is 6.92 Å². The molecule has 0 spiro atoms. The van der Waals surface area contributed by atoms with Crippen LogP contribution in [0.25, 0.3) is 0 Å². The first kappa shape index (κ1) is 11.2. The number of carboxylic acids is 1. The molecule has 0 aliphatic heterocycles. The van der Waals surface area contributed by atoms with Crippen LogP contribution in [0.4, 0.5) is 0 Å². The van der Waals surface area contributed by atoms with Crippen molar-refractivity contribution in [3.63, 3.8) is 0 Å². The van der Waals surface area contributed by atoms with Crippen LogP contribution in [0.1, 0.15) is 12.5 Å². The standard InChI is InChI=1S/C10H12BrNO2/c1-10(12,9(13)14)6-7-3-2-4-8(11)5-7/h2-5H,6,12H2,1H3,(H,13,14)/t10-/m1/s1. The van der Waals surface area contributed by atoms with Crippen LogP contribution >= 0.6 is 15.9 Å². The van der Waals surface area contributed by atoms with Crippen LogP contribution in [-0.2, 0) is 11.2 Å². The topological polar surface area (TPSA) is 63.3 Å². The molecule has 0 saturated heterocycles. The van der Waals surface area contributed by atoms with E-state index in [9.17, 15) is 4.79 Å². The quantitative estimate of drug-likeness (QED) is 0.868. The van der Waals surface area contributed by atoms with E-state index in [4.69, 9.17) is 10.8 Å². The Balaban J connectivity index is 2.83. The molecule has 3 N–H and O–H groups in total. The Morgan fingerprint density at radius 2 is 2.29 bits per heavy atom. The second-order valence-corrected chi connectivity index (χ2v) is 4.44. The largest absolute Gasteiger partial charge is 0.480 e. The smallest absolute Gasteiger partial charge is 0.323 e. The molecule has 0 aliphatic carbocycles. The molecule has 4 heteroatoms. The van der Waals surface area contributed by atoms with Gasteiger partial charge in [0.15, 0.2) is 0 Å². The maximum Gasteiger partial charge on any atom is 0.323 e. The van der Waals surface area contributed by atoms with Gasteiger partial charge in [0, 0.05) is 10.9 Å². The molecule has 0 bridgehead atoms. The van der Waals surface area contributed by atoms with Gasteiger partial charge in [-0.2, -0.15) is 0 Å². The van der Waals surface area contributed by atoms with Gasteiger partial charge in [-0.1, -0.05) is 28.1 Å². The van der Waals surface area contributed by atoms with Crippen LogP contribution in [0.2, 0.25) is 0 Å². The zero-order valence-corrected chi connectivity index (χ0v) is 9.41. The monoisotopic (exact) mass is 257 g/mol. The second-order valence-electron chi connectivity index (χ2n) is 3.53. The summed E-state index contributed by atoms with van der Waals surface area (Å²) in [6.45, 7) is 1.51. The maximum absolute atomic E-state index is 10.8. The lowest BCUT2D eigenvalue weighted by atomic mass is 9.94. The first-order valence-electron chi connectivity index (χ1n) is 4.18. The van der Waals surface area contributed by atoms with Crippen molar-refractivity contribution in [3.05, 3.63) is 34.3 Å². The summed E-state index contributed by atoms with van der Waals surface area (Å²) in [5.41, 5.74) is 5.33. The molecular formula is C10H12BrNO2. The average Bonchev–Trinajstić information content (AvgIpc) is 2.02. The number of benzene rings is 1. The second kappa shape index (κ2) is 4.11. The highest BCUT2D eigenvalue weighted by molar-refractivity contribution is 9.10. The number of carbonyl (C=O) groups is 1. The number of nitrogens with two attached hydrogens (primary N) is 1. The third-order valence-electron chi connectivity index (χ3n) is 1.95. The maximum atomic E-state index is 10.8. The fraction of sp³-hybridized carbons (Fsp3) is 0.300. The summed E-state index contributed by atoms with van der Waals surface area (Å²) in [6, 6.07) is 7.47. The molecule has 1 aromatic rings. The molecule has 0 unspecified atom stereocenters. The molecule has 0 fully saturated rings. The summed E-state index contributed by atoms with van der Waals surface area (Å²) in [7, 11) is 0. The highest BCUT2D eigenvalue weighted by Gasteiger charge is 2.27. The van der Waals surface area contributed by atoms with Crippen LogP contribution in [-0.4, -0.2) is 16.6 Å². The van der Waals surface area contributed by atoms with E-state index < -0.39 is 11.5 Å². The van der Waals surface area contributed by atoms with Crippen LogP contribution < -0.4 is 5.73 Å². The first-order chi connectivity index (χ1) is 6.42. The summed E-state index contributed by atoms with van der Waals surface area (Å²) < 4.78 is 0.927. The molecule has 0 saturated carbocycles. The van der Waals surface area contributed by atoms with E-state index in [0.717, 1.165) is 10.0 Å². The summed E-state index contributed by atoms with van der Waals surface area (Å²) in [6.07, 6.45) is 0.321. The van der Waals surface area contributed by atoms with Crippen LogP contribution in [0.5, 0.6) is 0 Å². The fourth-order valence-electron chi connectivity index (χ4n) is 1.15. The van der Waals surface area contributed by atoms with Gasteiger partial charge in [-0.05, 0) is 24.6 Å². The van der Waals surface area contributed by atoms with Gasteiger partial charge < -0.3 is 10.8 Å². The molecule has 0 amide bonds. The Morgan fingerprint density at radius 3 is 2.79 bits per heavy atom. The molecule has 0 aromatic heterocycles. The minimum atomic E-state index is -1.21. The van der Waals surface area contributed by atoms with Gasteiger partial charge in [0.05, 0.1) is 0 Å². The Bertz CT molecular complexity index is 350. The summed E-state index contributed by atoms with van der Waals surface area (Å²) in [5, 5.41) is 8.84. The van der Waals surface area contributed by atoms with Gasteiger partial charge in [0.1, 0.15) is 5.54 Å². The zero-order valence-electron chi connectivity index (χ0n) is 7.83.